The van der Waals surface area contributed by atoms with E-state index in [1.807, 2.05) is 32.0 Å². The van der Waals surface area contributed by atoms with Crippen LogP contribution >= 0.6 is 0 Å². The summed E-state index contributed by atoms with van der Waals surface area (Å²) >= 11 is 0. The summed E-state index contributed by atoms with van der Waals surface area (Å²) in [5.74, 6) is -0.358. The molecule has 3 rings (SSSR count). The summed E-state index contributed by atoms with van der Waals surface area (Å²) in [5, 5.41) is 5.87. The van der Waals surface area contributed by atoms with Crippen LogP contribution in [0.4, 0.5) is 21.7 Å². The molecule has 0 aliphatic carbocycles. The lowest BCUT2D eigenvalue weighted by Gasteiger charge is -2.11. The molecule has 0 aliphatic heterocycles. The molecule has 1 aromatic heterocycles. The minimum Gasteiger partial charge on any atom is -0.324 e. The molecule has 0 saturated heterocycles. The lowest BCUT2D eigenvalue weighted by molar-refractivity contribution is 0.102. The standard InChI is InChI=1S/C20H19FN4O/c1-12-4-5-13(2)17(10-12)24-19(26)18-11-14(3)22-20(25-18)23-16-8-6-15(21)7-9-16/h4-11H,1-3H3,(H,24,26)(H,22,23,25). The third-order valence-corrected chi connectivity index (χ3v) is 3.83. The summed E-state index contributed by atoms with van der Waals surface area (Å²) in [6.45, 7) is 5.68. The fourth-order valence-corrected chi connectivity index (χ4v) is 2.46. The number of anilines is 3. The SMILES string of the molecule is Cc1ccc(C)c(NC(=O)c2cc(C)nc(Nc3ccc(F)cc3)n2)c1. The molecule has 0 saturated carbocycles. The van der Waals surface area contributed by atoms with Crippen LogP contribution in [0.5, 0.6) is 0 Å². The molecule has 132 valence electrons. The van der Waals surface area contributed by atoms with Crippen molar-refractivity contribution in [3.05, 3.63) is 76.9 Å². The first kappa shape index (κ1) is 17.5. The molecule has 0 spiro atoms. The van der Waals surface area contributed by atoms with Crippen molar-refractivity contribution in [2.45, 2.75) is 20.8 Å². The van der Waals surface area contributed by atoms with E-state index in [1.165, 1.54) is 12.1 Å². The molecule has 6 heteroatoms. The summed E-state index contributed by atoms with van der Waals surface area (Å²) in [6.07, 6.45) is 0. The van der Waals surface area contributed by atoms with Crippen LogP contribution in [-0.4, -0.2) is 15.9 Å². The van der Waals surface area contributed by atoms with Gasteiger partial charge < -0.3 is 10.6 Å². The highest BCUT2D eigenvalue weighted by Crippen LogP contribution is 2.18. The largest absolute Gasteiger partial charge is 0.324 e. The van der Waals surface area contributed by atoms with Gasteiger partial charge in [-0.3, -0.25) is 4.79 Å². The van der Waals surface area contributed by atoms with Crippen LogP contribution in [0.25, 0.3) is 0 Å². The van der Waals surface area contributed by atoms with E-state index in [9.17, 15) is 9.18 Å². The fraction of sp³-hybridized carbons (Fsp3) is 0.150. The average Bonchev–Trinajstić information content (AvgIpc) is 2.59. The van der Waals surface area contributed by atoms with Crippen LogP contribution in [0.2, 0.25) is 0 Å². The van der Waals surface area contributed by atoms with E-state index in [-0.39, 0.29) is 23.4 Å². The number of hydrogen-bond donors (Lipinski definition) is 2. The Labute approximate surface area is 151 Å². The van der Waals surface area contributed by atoms with Crippen molar-refractivity contribution in [3.8, 4) is 0 Å². The van der Waals surface area contributed by atoms with Gasteiger partial charge in [0.25, 0.3) is 5.91 Å². The smallest absolute Gasteiger partial charge is 0.274 e. The summed E-state index contributed by atoms with van der Waals surface area (Å²) in [7, 11) is 0. The van der Waals surface area contributed by atoms with E-state index < -0.39 is 0 Å². The third kappa shape index (κ3) is 4.22. The number of nitrogens with one attached hydrogen (secondary N) is 2. The van der Waals surface area contributed by atoms with E-state index in [1.54, 1.807) is 25.1 Å². The van der Waals surface area contributed by atoms with Gasteiger partial charge in [-0.2, -0.15) is 0 Å². The van der Waals surface area contributed by atoms with Gasteiger partial charge in [0.1, 0.15) is 11.5 Å². The van der Waals surface area contributed by atoms with Crippen LogP contribution in [0, 0.1) is 26.6 Å². The molecule has 0 aliphatic rings. The van der Waals surface area contributed by atoms with Crippen molar-refractivity contribution in [3.63, 3.8) is 0 Å². The summed E-state index contributed by atoms with van der Waals surface area (Å²) in [6, 6.07) is 13.3. The van der Waals surface area contributed by atoms with E-state index in [4.69, 9.17) is 0 Å². The van der Waals surface area contributed by atoms with Crippen LogP contribution in [0.15, 0.2) is 48.5 Å². The molecule has 0 unspecified atom stereocenters. The molecule has 0 fully saturated rings. The first-order chi connectivity index (χ1) is 12.4. The van der Waals surface area contributed by atoms with Gasteiger partial charge in [0, 0.05) is 17.1 Å². The second-order valence-corrected chi connectivity index (χ2v) is 6.12. The van der Waals surface area contributed by atoms with Gasteiger partial charge in [0.2, 0.25) is 5.95 Å². The number of amides is 1. The average molecular weight is 350 g/mol. The minimum atomic E-state index is -0.325. The van der Waals surface area contributed by atoms with Gasteiger partial charge in [-0.15, -0.1) is 0 Å². The maximum absolute atomic E-state index is 13.0. The molecule has 5 nitrogen and oxygen atoms in total. The van der Waals surface area contributed by atoms with Crippen LogP contribution in [0.3, 0.4) is 0 Å². The Balaban J connectivity index is 1.83. The van der Waals surface area contributed by atoms with Gasteiger partial charge in [-0.05, 0) is 68.3 Å². The van der Waals surface area contributed by atoms with Gasteiger partial charge in [-0.1, -0.05) is 12.1 Å². The molecule has 0 radical (unpaired) electrons. The number of aryl methyl sites for hydroxylation is 3. The Morgan fingerprint density at radius 2 is 1.69 bits per heavy atom. The number of carbonyl (C=O) groups is 1. The van der Waals surface area contributed by atoms with E-state index in [0.29, 0.717) is 11.4 Å². The molecule has 2 N–H and O–H groups in total. The number of hydrogen-bond acceptors (Lipinski definition) is 4. The van der Waals surface area contributed by atoms with Crippen LogP contribution in [-0.2, 0) is 0 Å². The number of carbonyl (C=O) groups excluding carboxylic acids is 1. The lowest BCUT2D eigenvalue weighted by Crippen LogP contribution is -2.16. The van der Waals surface area contributed by atoms with Crippen LogP contribution in [0.1, 0.15) is 27.3 Å². The number of rotatable bonds is 4. The molecule has 0 atom stereocenters. The predicted molar refractivity (Wildman–Crippen MR) is 100 cm³/mol. The molecular formula is C20H19FN4O. The van der Waals surface area contributed by atoms with Crippen molar-refractivity contribution >= 4 is 23.2 Å². The van der Waals surface area contributed by atoms with Gasteiger partial charge in [0.15, 0.2) is 0 Å². The Bertz CT molecular complexity index is 955. The number of aromatic nitrogens is 2. The van der Waals surface area contributed by atoms with Crippen molar-refractivity contribution < 1.29 is 9.18 Å². The number of halogens is 1. The third-order valence-electron chi connectivity index (χ3n) is 3.83. The molecular weight excluding hydrogens is 331 g/mol. The summed E-state index contributed by atoms with van der Waals surface area (Å²) in [4.78, 5) is 21.1. The fourth-order valence-electron chi connectivity index (χ4n) is 2.46. The maximum atomic E-state index is 13.0. The predicted octanol–water partition coefficient (Wildman–Crippen LogP) is 4.54. The van der Waals surface area contributed by atoms with Crippen LogP contribution < -0.4 is 10.6 Å². The van der Waals surface area contributed by atoms with Gasteiger partial charge in [0.05, 0.1) is 0 Å². The van der Waals surface area contributed by atoms with E-state index >= 15 is 0 Å². The number of nitrogens with zero attached hydrogens (tertiary/aromatic N) is 2. The highest BCUT2D eigenvalue weighted by molar-refractivity contribution is 6.03. The summed E-state index contributed by atoms with van der Waals surface area (Å²) in [5.41, 5.74) is 4.32. The van der Waals surface area contributed by atoms with Crippen molar-refractivity contribution in [2.75, 3.05) is 10.6 Å². The zero-order valence-electron chi connectivity index (χ0n) is 14.8. The topological polar surface area (TPSA) is 66.9 Å². The Morgan fingerprint density at radius 3 is 2.42 bits per heavy atom. The quantitative estimate of drug-likeness (QED) is 0.725. The maximum Gasteiger partial charge on any atom is 0.274 e. The molecule has 3 aromatic rings. The van der Waals surface area contributed by atoms with E-state index in [2.05, 4.69) is 20.6 Å². The van der Waals surface area contributed by atoms with Crippen molar-refractivity contribution in [2.24, 2.45) is 0 Å². The Morgan fingerprint density at radius 1 is 0.962 bits per heavy atom. The summed E-state index contributed by atoms with van der Waals surface area (Å²) < 4.78 is 13.0. The Kier molecular flexibility index (Phi) is 4.93. The first-order valence-electron chi connectivity index (χ1n) is 8.17. The first-order valence-corrected chi connectivity index (χ1v) is 8.17. The zero-order chi connectivity index (χ0) is 18.7. The Hall–Kier alpha value is -3.28. The highest BCUT2D eigenvalue weighted by atomic mass is 19.1. The molecule has 26 heavy (non-hydrogen) atoms. The van der Waals surface area contributed by atoms with Gasteiger partial charge >= 0.3 is 0 Å². The minimum absolute atomic E-state index is 0.253. The molecule has 1 amide bonds. The molecule has 2 aromatic carbocycles. The van der Waals surface area contributed by atoms with Gasteiger partial charge in [-0.25, -0.2) is 14.4 Å². The van der Waals surface area contributed by atoms with Crippen molar-refractivity contribution in [1.82, 2.24) is 9.97 Å². The highest BCUT2D eigenvalue weighted by Gasteiger charge is 2.12. The normalized spacial score (nSPS) is 10.5. The molecule has 0 bridgehead atoms. The zero-order valence-corrected chi connectivity index (χ0v) is 14.8. The van der Waals surface area contributed by atoms with Crippen molar-refractivity contribution in [1.29, 1.82) is 0 Å². The second-order valence-electron chi connectivity index (χ2n) is 6.12. The second kappa shape index (κ2) is 7.31. The lowest BCUT2D eigenvalue weighted by atomic mass is 10.1. The van der Waals surface area contributed by atoms with E-state index in [0.717, 1.165) is 16.8 Å². The number of benzene rings is 2. The monoisotopic (exact) mass is 350 g/mol. The molecule has 1 heterocycles.